The monoisotopic (exact) mass is 386 g/mol. The second-order valence-corrected chi connectivity index (χ2v) is 7.86. The van der Waals surface area contributed by atoms with Crippen molar-refractivity contribution in [2.45, 2.75) is 17.6 Å². The van der Waals surface area contributed by atoms with E-state index in [9.17, 15) is 18.3 Å². The number of hydrogen-bond donors (Lipinski definition) is 2. The Morgan fingerprint density at radius 1 is 1.21 bits per heavy atom. The lowest BCUT2D eigenvalue weighted by molar-refractivity contribution is -0.140. The van der Waals surface area contributed by atoms with Crippen molar-refractivity contribution in [3.8, 4) is 0 Å². The number of carboxylic acid groups (broad SMARTS) is 1. The van der Waals surface area contributed by atoms with E-state index in [1.165, 1.54) is 12.1 Å². The molecule has 0 radical (unpaired) electrons. The number of sulfonamides is 1. The molecule has 24 heavy (non-hydrogen) atoms. The maximum Gasteiger partial charge on any atom is 0.342 e. The number of aliphatic carboxylic acids is 1. The smallest absolute Gasteiger partial charge is 0.342 e. The molecule has 3 rings (SSSR count). The Kier molecular flexibility index (Phi) is 4.44. The molecule has 1 unspecified atom stereocenters. The molecule has 0 saturated carbocycles. The normalized spacial score (nSPS) is 19.3. The third-order valence-electron chi connectivity index (χ3n) is 3.57. The van der Waals surface area contributed by atoms with Gasteiger partial charge in [0.25, 0.3) is 0 Å². The average molecular weight is 387 g/mol. The summed E-state index contributed by atoms with van der Waals surface area (Å²) in [6.45, 7) is -0.106. The van der Waals surface area contributed by atoms with Gasteiger partial charge in [-0.1, -0.05) is 53.5 Å². The molecule has 2 aromatic carbocycles. The van der Waals surface area contributed by atoms with E-state index in [0.717, 1.165) is 4.31 Å². The number of hydrogen-bond acceptors (Lipinski definition) is 4. The van der Waals surface area contributed by atoms with Gasteiger partial charge in [-0.2, -0.15) is 4.31 Å². The van der Waals surface area contributed by atoms with E-state index in [4.69, 9.17) is 23.2 Å². The highest BCUT2D eigenvalue weighted by Crippen LogP contribution is 2.39. The molecular formula is C15H12Cl2N2O4S. The predicted molar refractivity (Wildman–Crippen MR) is 90.7 cm³/mol. The van der Waals surface area contributed by atoms with Crippen molar-refractivity contribution in [1.82, 2.24) is 4.31 Å². The van der Waals surface area contributed by atoms with E-state index in [-0.39, 0.29) is 27.2 Å². The topological polar surface area (TPSA) is 86.7 Å². The summed E-state index contributed by atoms with van der Waals surface area (Å²) in [5.41, 5.74) is 0.729. The Bertz CT molecular complexity index is 903. The molecule has 1 aliphatic rings. The fraction of sp³-hybridized carbons (Fsp3) is 0.133. The van der Waals surface area contributed by atoms with Gasteiger partial charge in [-0.3, -0.25) is 0 Å². The number of fused-ring (bicyclic) bond motifs is 1. The number of nitrogens with one attached hydrogen (secondary N) is 1. The van der Waals surface area contributed by atoms with Crippen LogP contribution in [0.3, 0.4) is 0 Å². The summed E-state index contributed by atoms with van der Waals surface area (Å²) in [5.74, 6) is -1.32. The first kappa shape index (κ1) is 17.0. The maximum absolute atomic E-state index is 13.0. The lowest BCUT2D eigenvalue weighted by Gasteiger charge is -2.35. The van der Waals surface area contributed by atoms with E-state index < -0.39 is 22.2 Å². The first-order valence-electron chi connectivity index (χ1n) is 6.85. The van der Waals surface area contributed by atoms with Crippen molar-refractivity contribution in [3.05, 3.63) is 58.1 Å². The van der Waals surface area contributed by atoms with Gasteiger partial charge in [-0.25, -0.2) is 13.2 Å². The number of benzene rings is 2. The minimum Gasteiger partial charge on any atom is -0.479 e. The lowest BCUT2D eigenvalue weighted by atomic mass is 10.2. The molecule has 1 atom stereocenters. The molecule has 0 bridgehead atoms. The average Bonchev–Trinajstić information content (AvgIpc) is 2.49. The molecule has 0 saturated heterocycles. The van der Waals surface area contributed by atoms with Crippen LogP contribution in [0.1, 0.15) is 5.56 Å². The summed E-state index contributed by atoms with van der Waals surface area (Å²) in [4.78, 5) is 11.4. The van der Waals surface area contributed by atoms with Gasteiger partial charge in [0.1, 0.15) is 4.90 Å². The van der Waals surface area contributed by atoms with Crippen molar-refractivity contribution in [2.24, 2.45) is 0 Å². The van der Waals surface area contributed by atoms with Gasteiger partial charge in [-0.05, 0) is 17.7 Å². The fourth-order valence-electron chi connectivity index (χ4n) is 2.53. The molecule has 0 spiro atoms. The second-order valence-electron chi connectivity index (χ2n) is 5.19. The molecular weight excluding hydrogens is 375 g/mol. The molecule has 6 nitrogen and oxygen atoms in total. The second kappa shape index (κ2) is 6.25. The van der Waals surface area contributed by atoms with Gasteiger partial charge in [0, 0.05) is 11.6 Å². The van der Waals surface area contributed by atoms with Gasteiger partial charge in [0.15, 0.2) is 6.17 Å². The number of rotatable bonds is 3. The third kappa shape index (κ3) is 2.95. The minimum atomic E-state index is -4.12. The number of anilines is 1. The summed E-state index contributed by atoms with van der Waals surface area (Å²) >= 11 is 11.9. The van der Waals surface area contributed by atoms with Crippen LogP contribution < -0.4 is 5.32 Å². The van der Waals surface area contributed by atoms with E-state index in [0.29, 0.717) is 5.56 Å². The molecule has 2 N–H and O–H groups in total. The molecule has 1 heterocycles. The fourth-order valence-corrected chi connectivity index (χ4v) is 4.99. The summed E-state index contributed by atoms with van der Waals surface area (Å²) in [6.07, 6.45) is -1.46. The summed E-state index contributed by atoms with van der Waals surface area (Å²) in [6, 6.07) is 11.4. The van der Waals surface area contributed by atoms with E-state index in [1.54, 1.807) is 30.3 Å². The Balaban J connectivity index is 2.14. The van der Waals surface area contributed by atoms with Gasteiger partial charge < -0.3 is 10.4 Å². The zero-order valence-corrected chi connectivity index (χ0v) is 14.4. The lowest BCUT2D eigenvalue weighted by Crippen LogP contribution is -2.52. The number of nitrogens with zero attached hydrogens (tertiary/aromatic N) is 1. The molecule has 2 aromatic rings. The van der Waals surface area contributed by atoms with Crippen molar-refractivity contribution in [3.63, 3.8) is 0 Å². The summed E-state index contributed by atoms with van der Waals surface area (Å²) < 4.78 is 26.8. The molecule has 1 aliphatic heterocycles. The highest BCUT2D eigenvalue weighted by molar-refractivity contribution is 7.89. The van der Waals surface area contributed by atoms with E-state index >= 15 is 0 Å². The quantitative estimate of drug-likeness (QED) is 0.846. The molecule has 0 fully saturated rings. The van der Waals surface area contributed by atoms with Crippen LogP contribution in [-0.2, 0) is 21.4 Å². The first-order valence-corrected chi connectivity index (χ1v) is 9.04. The summed E-state index contributed by atoms with van der Waals surface area (Å²) in [7, 11) is -4.12. The van der Waals surface area contributed by atoms with Crippen molar-refractivity contribution in [2.75, 3.05) is 5.32 Å². The largest absolute Gasteiger partial charge is 0.479 e. The van der Waals surface area contributed by atoms with E-state index in [2.05, 4.69) is 5.32 Å². The molecule has 9 heteroatoms. The van der Waals surface area contributed by atoms with Crippen molar-refractivity contribution >= 4 is 44.9 Å². The van der Waals surface area contributed by atoms with Gasteiger partial charge in [0.2, 0.25) is 10.0 Å². The van der Waals surface area contributed by atoms with E-state index in [1.807, 2.05) is 0 Å². The highest BCUT2D eigenvalue weighted by Gasteiger charge is 2.43. The summed E-state index contributed by atoms with van der Waals surface area (Å²) in [5, 5.41) is 12.3. The Labute approximate surface area is 148 Å². The molecule has 0 amide bonds. The zero-order chi connectivity index (χ0) is 17.5. The van der Waals surface area contributed by atoms with Crippen LogP contribution in [0.15, 0.2) is 47.4 Å². The van der Waals surface area contributed by atoms with Gasteiger partial charge in [0.05, 0.1) is 10.7 Å². The zero-order valence-electron chi connectivity index (χ0n) is 12.1. The van der Waals surface area contributed by atoms with Crippen molar-refractivity contribution < 1.29 is 18.3 Å². The van der Waals surface area contributed by atoms with Crippen LogP contribution in [-0.4, -0.2) is 30.0 Å². The number of carbonyl (C=O) groups is 1. The highest BCUT2D eigenvalue weighted by atomic mass is 35.5. The molecule has 0 aliphatic carbocycles. The Hall–Kier alpha value is -1.80. The third-order valence-corrected chi connectivity index (χ3v) is 6.11. The van der Waals surface area contributed by atoms with Gasteiger partial charge >= 0.3 is 5.97 Å². The maximum atomic E-state index is 13.0. The van der Waals surface area contributed by atoms with Crippen LogP contribution in [0.25, 0.3) is 0 Å². The van der Waals surface area contributed by atoms with Crippen LogP contribution in [0.2, 0.25) is 10.0 Å². The SMILES string of the molecule is O=C(O)C1Nc2cc(Cl)cc(Cl)c2S(=O)(=O)N1Cc1ccccc1. The molecule has 0 aromatic heterocycles. The number of halogens is 2. The predicted octanol–water partition coefficient (Wildman–Crippen LogP) is 3.02. The van der Waals surface area contributed by atoms with Gasteiger partial charge in [-0.15, -0.1) is 0 Å². The van der Waals surface area contributed by atoms with Crippen LogP contribution in [0.5, 0.6) is 0 Å². The number of carboxylic acids is 1. The van der Waals surface area contributed by atoms with Crippen LogP contribution >= 0.6 is 23.2 Å². The van der Waals surface area contributed by atoms with Crippen LogP contribution in [0.4, 0.5) is 5.69 Å². The standard InChI is InChI=1S/C15H12Cl2N2O4S/c16-10-6-11(17)13-12(7-10)18-14(15(20)21)19(24(13,22)23)8-9-4-2-1-3-5-9/h1-7,14,18H,8H2,(H,20,21). The first-order chi connectivity index (χ1) is 11.3. The Morgan fingerprint density at radius 3 is 2.50 bits per heavy atom. The molecule has 126 valence electrons. The van der Waals surface area contributed by atoms with Crippen molar-refractivity contribution in [1.29, 1.82) is 0 Å². The minimum absolute atomic E-state index is 0.0631. The Morgan fingerprint density at radius 2 is 1.88 bits per heavy atom. The van der Waals surface area contributed by atoms with Crippen LogP contribution in [0, 0.1) is 0 Å².